The number of aryl methyl sites for hydroxylation is 1. The van der Waals surface area contributed by atoms with Gasteiger partial charge < -0.3 is 0 Å². The van der Waals surface area contributed by atoms with Gasteiger partial charge in [-0.25, -0.2) is 8.42 Å². The Bertz CT molecular complexity index is 666. The molecule has 1 aromatic carbocycles. The Hall–Kier alpha value is -0.690. The van der Waals surface area contributed by atoms with E-state index < -0.39 is 10.0 Å². The molecule has 0 amide bonds. The van der Waals surface area contributed by atoms with E-state index in [4.69, 9.17) is 0 Å². The Morgan fingerprint density at radius 3 is 2.63 bits per heavy atom. The summed E-state index contributed by atoms with van der Waals surface area (Å²) >= 11 is 4.89. The summed E-state index contributed by atoms with van der Waals surface area (Å²) in [6, 6.07) is 7.18. The van der Waals surface area contributed by atoms with Crippen LogP contribution < -0.4 is 0 Å². The zero-order valence-corrected chi connectivity index (χ0v) is 13.8. The average molecular weight is 360 g/mol. The summed E-state index contributed by atoms with van der Waals surface area (Å²) in [4.78, 5) is 0.302. The van der Waals surface area contributed by atoms with Crippen LogP contribution in [0, 0.1) is 6.92 Å². The van der Waals surface area contributed by atoms with Crippen molar-refractivity contribution in [2.75, 3.05) is 7.05 Å². The molecule has 3 nitrogen and oxygen atoms in total. The summed E-state index contributed by atoms with van der Waals surface area (Å²) in [6.45, 7) is 2.31. The molecule has 0 radical (unpaired) electrons. The molecular formula is C13H14BrNO2S2. The molecule has 2 aromatic rings. The minimum atomic E-state index is -3.47. The van der Waals surface area contributed by atoms with Gasteiger partial charge in [-0.05, 0) is 62.9 Å². The molecule has 0 aliphatic heterocycles. The lowest BCUT2D eigenvalue weighted by Crippen LogP contribution is -2.26. The van der Waals surface area contributed by atoms with Gasteiger partial charge in [0, 0.05) is 18.1 Å². The van der Waals surface area contributed by atoms with E-state index >= 15 is 0 Å². The molecule has 0 aliphatic rings. The highest BCUT2D eigenvalue weighted by atomic mass is 79.9. The van der Waals surface area contributed by atoms with E-state index in [1.807, 2.05) is 29.8 Å². The molecule has 0 fully saturated rings. The molecule has 0 unspecified atom stereocenters. The van der Waals surface area contributed by atoms with Crippen molar-refractivity contribution in [3.05, 3.63) is 50.6 Å². The van der Waals surface area contributed by atoms with Crippen molar-refractivity contribution in [1.82, 2.24) is 4.31 Å². The smallest absolute Gasteiger partial charge is 0.207 e. The van der Waals surface area contributed by atoms with Crippen LogP contribution in [-0.4, -0.2) is 19.8 Å². The van der Waals surface area contributed by atoms with Gasteiger partial charge in [-0.15, -0.1) is 0 Å². The first kappa shape index (κ1) is 14.7. The van der Waals surface area contributed by atoms with E-state index in [0.717, 1.165) is 11.1 Å². The zero-order valence-electron chi connectivity index (χ0n) is 10.6. The van der Waals surface area contributed by atoms with Crippen LogP contribution in [-0.2, 0) is 16.6 Å². The molecule has 0 N–H and O–H groups in total. The van der Waals surface area contributed by atoms with Crippen molar-refractivity contribution in [1.29, 1.82) is 0 Å². The van der Waals surface area contributed by atoms with Gasteiger partial charge >= 0.3 is 0 Å². The summed E-state index contributed by atoms with van der Waals surface area (Å²) in [5.74, 6) is 0. The molecule has 1 aromatic heterocycles. The third kappa shape index (κ3) is 3.25. The number of nitrogens with zero attached hydrogens (tertiary/aromatic N) is 1. The minimum Gasteiger partial charge on any atom is -0.207 e. The van der Waals surface area contributed by atoms with Gasteiger partial charge in [-0.3, -0.25) is 0 Å². The van der Waals surface area contributed by atoms with Crippen LogP contribution in [0.2, 0.25) is 0 Å². The van der Waals surface area contributed by atoms with Gasteiger partial charge in [-0.1, -0.05) is 6.07 Å². The molecule has 0 aliphatic carbocycles. The van der Waals surface area contributed by atoms with Crippen molar-refractivity contribution >= 4 is 37.3 Å². The van der Waals surface area contributed by atoms with E-state index in [-0.39, 0.29) is 0 Å². The third-order valence-corrected chi connectivity index (χ3v) is 6.27. The maximum absolute atomic E-state index is 12.5. The first-order valence-electron chi connectivity index (χ1n) is 5.65. The van der Waals surface area contributed by atoms with Crippen LogP contribution >= 0.6 is 27.3 Å². The number of hydrogen-bond acceptors (Lipinski definition) is 3. The number of sulfonamides is 1. The van der Waals surface area contributed by atoms with E-state index in [1.54, 1.807) is 30.5 Å². The Morgan fingerprint density at radius 1 is 1.32 bits per heavy atom. The van der Waals surface area contributed by atoms with Gasteiger partial charge in [0.1, 0.15) is 0 Å². The first-order valence-corrected chi connectivity index (χ1v) is 8.82. The molecular weight excluding hydrogens is 346 g/mol. The fourth-order valence-corrected chi connectivity index (χ4v) is 4.67. The second kappa shape index (κ2) is 5.75. The first-order chi connectivity index (χ1) is 8.91. The summed E-state index contributed by atoms with van der Waals surface area (Å²) in [7, 11) is -1.87. The summed E-state index contributed by atoms with van der Waals surface area (Å²) in [6.07, 6.45) is 0. The monoisotopic (exact) mass is 359 g/mol. The van der Waals surface area contributed by atoms with Gasteiger partial charge in [0.25, 0.3) is 0 Å². The van der Waals surface area contributed by atoms with Crippen molar-refractivity contribution in [2.24, 2.45) is 0 Å². The SMILES string of the molecule is Cc1ccc(S(=O)(=O)N(C)Cc2ccsc2)c(Br)c1. The van der Waals surface area contributed by atoms with Gasteiger partial charge in [0.2, 0.25) is 10.0 Å². The quantitative estimate of drug-likeness (QED) is 0.835. The van der Waals surface area contributed by atoms with E-state index in [1.165, 1.54) is 4.31 Å². The van der Waals surface area contributed by atoms with Gasteiger partial charge in [-0.2, -0.15) is 15.6 Å². The zero-order chi connectivity index (χ0) is 14.0. The molecule has 19 heavy (non-hydrogen) atoms. The van der Waals surface area contributed by atoms with E-state index in [9.17, 15) is 8.42 Å². The standard InChI is InChI=1S/C13H14BrNO2S2/c1-10-3-4-13(12(14)7-10)19(16,17)15(2)8-11-5-6-18-9-11/h3-7,9H,8H2,1-2H3. The lowest BCUT2D eigenvalue weighted by atomic mass is 10.2. The predicted octanol–water partition coefficient (Wildman–Crippen LogP) is 3.64. The van der Waals surface area contributed by atoms with E-state index in [0.29, 0.717) is 15.9 Å². The molecule has 0 spiro atoms. The largest absolute Gasteiger partial charge is 0.244 e. The highest BCUT2D eigenvalue weighted by Crippen LogP contribution is 2.26. The van der Waals surface area contributed by atoms with Crippen LogP contribution in [0.4, 0.5) is 0 Å². The van der Waals surface area contributed by atoms with Crippen LogP contribution in [0.15, 0.2) is 44.4 Å². The number of hydrogen-bond donors (Lipinski definition) is 0. The van der Waals surface area contributed by atoms with Crippen LogP contribution in [0.1, 0.15) is 11.1 Å². The third-order valence-electron chi connectivity index (χ3n) is 2.76. The molecule has 102 valence electrons. The van der Waals surface area contributed by atoms with Crippen molar-refractivity contribution < 1.29 is 8.42 Å². The Kier molecular flexibility index (Phi) is 4.45. The number of thiophene rings is 1. The van der Waals surface area contributed by atoms with Crippen molar-refractivity contribution in [3.63, 3.8) is 0 Å². The predicted molar refractivity (Wildman–Crippen MR) is 81.9 cm³/mol. The summed E-state index contributed by atoms with van der Waals surface area (Å²) in [5, 5.41) is 3.90. The lowest BCUT2D eigenvalue weighted by Gasteiger charge is -2.17. The molecule has 1 heterocycles. The molecule has 0 saturated carbocycles. The average Bonchev–Trinajstić information content (AvgIpc) is 2.81. The highest BCUT2D eigenvalue weighted by molar-refractivity contribution is 9.10. The maximum Gasteiger partial charge on any atom is 0.244 e. The summed E-state index contributed by atoms with van der Waals surface area (Å²) in [5.41, 5.74) is 2.02. The minimum absolute atomic E-state index is 0.302. The second-order valence-electron chi connectivity index (χ2n) is 4.33. The number of halogens is 1. The van der Waals surface area contributed by atoms with Crippen LogP contribution in [0.3, 0.4) is 0 Å². The maximum atomic E-state index is 12.5. The molecule has 0 atom stereocenters. The molecule has 2 rings (SSSR count). The second-order valence-corrected chi connectivity index (χ2v) is 7.97. The van der Waals surface area contributed by atoms with Gasteiger partial charge in [0.15, 0.2) is 0 Å². The summed E-state index contributed by atoms with van der Waals surface area (Å²) < 4.78 is 26.9. The van der Waals surface area contributed by atoms with Gasteiger partial charge in [0.05, 0.1) is 4.90 Å². The number of benzene rings is 1. The molecule has 0 saturated heterocycles. The fourth-order valence-electron chi connectivity index (χ4n) is 1.71. The normalized spacial score (nSPS) is 12.0. The molecule has 6 heteroatoms. The Labute approximate surface area is 126 Å². The number of rotatable bonds is 4. The lowest BCUT2D eigenvalue weighted by molar-refractivity contribution is 0.467. The van der Waals surface area contributed by atoms with Crippen molar-refractivity contribution in [2.45, 2.75) is 18.4 Å². The Balaban J connectivity index is 2.31. The van der Waals surface area contributed by atoms with E-state index in [2.05, 4.69) is 15.9 Å². The van der Waals surface area contributed by atoms with Crippen LogP contribution in [0.25, 0.3) is 0 Å². The fraction of sp³-hybridized carbons (Fsp3) is 0.231. The molecule has 0 bridgehead atoms. The topological polar surface area (TPSA) is 37.4 Å². The highest BCUT2D eigenvalue weighted by Gasteiger charge is 2.23. The Morgan fingerprint density at radius 2 is 2.05 bits per heavy atom. The van der Waals surface area contributed by atoms with Crippen molar-refractivity contribution in [3.8, 4) is 0 Å². The van der Waals surface area contributed by atoms with Crippen LogP contribution in [0.5, 0.6) is 0 Å².